The van der Waals surface area contributed by atoms with Crippen LogP contribution < -0.4 is 5.32 Å². The first-order chi connectivity index (χ1) is 21.5. The standard InChI is InChI=1S/C36H75N2O6P/c1-6-8-10-12-14-16-18-19-20-22-24-26-28-30-36(40)37-34(33-44-45(41,42)43-32-31-38(3,4)5)35(39)29-27-25-23-21-17-15-13-11-9-7-2/h34-35,39H,6-33H2,1-5H3,(H-,37,40,41,42)/p+1. The molecule has 3 unspecified atom stereocenters. The van der Waals surface area contributed by atoms with E-state index in [9.17, 15) is 19.4 Å². The van der Waals surface area contributed by atoms with Crippen LogP contribution in [0.25, 0.3) is 0 Å². The van der Waals surface area contributed by atoms with Crippen LogP contribution in [0.15, 0.2) is 0 Å². The number of phosphoric acid groups is 1. The lowest BCUT2D eigenvalue weighted by Crippen LogP contribution is -2.46. The van der Waals surface area contributed by atoms with Gasteiger partial charge in [-0.3, -0.25) is 13.8 Å². The van der Waals surface area contributed by atoms with Crippen molar-refractivity contribution in [1.29, 1.82) is 0 Å². The Labute approximate surface area is 279 Å². The Kier molecular flexibility index (Phi) is 29.3. The van der Waals surface area contributed by atoms with Gasteiger partial charge in [-0.1, -0.05) is 155 Å². The Morgan fingerprint density at radius 1 is 0.667 bits per heavy atom. The predicted molar refractivity (Wildman–Crippen MR) is 189 cm³/mol. The molecule has 0 aliphatic heterocycles. The Morgan fingerprint density at radius 2 is 1.07 bits per heavy atom. The molecule has 0 saturated heterocycles. The molecule has 9 heteroatoms. The quantitative estimate of drug-likeness (QED) is 0.0360. The zero-order chi connectivity index (χ0) is 33.7. The molecule has 0 aliphatic rings. The Hall–Kier alpha value is -0.500. The number of nitrogens with one attached hydrogen (secondary N) is 1. The first-order valence-corrected chi connectivity index (χ1v) is 20.4. The predicted octanol–water partition coefficient (Wildman–Crippen LogP) is 9.46. The maximum absolute atomic E-state index is 12.8. The molecule has 3 N–H and O–H groups in total. The lowest BCUT2D eigenvalue weighted by molar-refractivity contribution is -0.870. The number of unbranched alkanes of at least 4 members (excludes halogenated alkanes) is 21. The van der Waals surface area contributed by atoms with E-state index >= 15 is 0 Å². The third-order valence-electron chi connectivity index (χ3n) is 8.61. The first kappa shape index (κ1) is 44.5. The van der Waals surface area contributed by atoms with Crippen molar-refractivity contribution in [2.75, 3.05) is 40.9 Å². The van der Waals surface area contributed by atoms with E-state index in [1.165, 1.54) is 109 Å². The molecule has 0 aromatic heterocycles. The minimum Gasteiger partial charge on any atom is -0.391 e. The molecule has 45 heavy (non-hydrogen) atoms. The van der Waals surface area contributed by atoms with E-state index < -0.39 is 20.0 Å². The third-order valence-corrected chi connectivity index (χ3v) is 9.59. The highest BCUT2D eigenvalue weighted by atomic mass is 31.2. The van der Waals surface area contributed by atoms with E-state index in [0.29, 0.717) is 23.9 Å². The van der Waals surface area contributed by atoms with Crippen LogP contribution in [0.3, 0.4) is 0 Å². The van der Waals surface area contributed by atoms with Crippen LogP contribution in [0.1, 0.15) is 174 Å². The van der Waals surface area contributed by atoms with E-state index in [1.54, 1.807) is 0 Å². The molecule has 270 valence electrons. The number of carbonyl (C=O) groups is 1. The van der Waals surface area contributed by atoms with Crippen molar-refractivity contribution in [2.24, 2.45) is 0 Å². The number of hydrogen-bond acceptors (Lipinski definition) is 5. The maximum Gasteiger partial charge on any atom is 0.472 e. The average molecular weight is 664 g/mol. The van der Waals surface area contributed by atoms with Crippen molar-refractivity contribution >= 4 is 13.7 Å². The summed E-state index contributed by atoms with van der Waals surface area (Å²) in [4.78, 5) is 23.0. The second kappa shape index (κ2) is 29.6. The largest absolute Gasteiger partial charge is 0.472 e. The van der Waals surface area contributed by atoms with Gasteiger partial charge in [0.25, 0.3) is 0 Å². The zero-order valence-corrected chi connectivity index (χ0v) is 31.3. The summed E-state index contributed by atoms with van der Waals surface area (Å²) >= 11 is 0. The number of nitrogens with zero attached hydrogens (tertiary/aromatic N) is 1. The molecule has 0 rings (SSSR count). The molecule has 0 saturated carbocycles. The number of aliphatic hydroxyl groups is 1. The number of quaternary nitrogens is 1. The highest BCUT2D eigenvalue weighted by molar-refractivity contribution is 7.47. The SMILES string of the molecule is CCCCCCCCCCCCCCCC(=O)NC(COP(=O)(O)OCC[N+](C)(C)C)C(O)CCCCCCCCCCCC. The van der Waals surface area contributed by atoms with Crippen molar-refractivity contribution in [3.8, 4) is 0 Å². The fourth-order valence-corrected chi connectivity index (χ4v) is 6.25. The molecule has 0 radical (unpaired) electrons. The van der Waals surface area contributed by atoms with Crippen LogP contribution in [0.5, 0.6) is 0 Å². The van der Waals surface area contributed by atoms with E-state index in [0.717, 1.165) is 38.5 Å². The van der Waals surface area contributed by atoms with E-state index in [2.05, 4.69) is 19.2 Å². The van der Waals surface area contributed by atoms with E-state index in [1.807, 2.05) is 21.1 Å². The van der Waals surface area contributed by atoms with Gasteiger partial charge in [0.2, 0.25) is 5.91 Å². The second-order valence-electron chi connectivity index (χ2n) is 14.3. The van der Waals surface area contributed by atoms with Gasteiger partial charge in [-0.05, 0) is 12.8 Å². The summed E-state index contributed by atoms with van der Waals surface area (Å²) in [7, 11) is 1.62. The van der Waals surface area contributed by atoms with Crippen molar-refractivity contribution in [1.82, 2.24) is 5.32 Å². The van der Waals surface area contributed by atoms with Gasteiger partial charge in [0.05, 0.1) is 39.9 Å². The van der Waals surface area contributed by atoms with Crippen LogP contribution in [0.4, 0.5) is 0 Å². The summed E-state index contributed by atoms with van der Waals surface area (Å²) in [6, 6.07) is -0.750. The van der Waals surface area contributed by atoms with Crippen LogP contribution in [0, 0.1) is 0 Å². The highest BCUT2D eigenvalue weighted by Crippen LogP contribution is 2.43. The molecular weight excluding hydrogens is 587 g/mol. The van der Waals surface area contributed by atoms with Gasteiger partial charge < -0.3 is 19.8 Å². The van der Waals surface area contributed by atoms with Gasteiger partial charge in [0, 0.05) is 6.42 Å². The molecule has 0 aromatic carbocycles. The molecule has 0 bridgehead atoms. The zero-order valence-electron chi connectivity index (χ0n) is 30.4. The van der Waals surface area contributed by atoms with Crippen LogP contribution in [0.2, 0.25) is 0 Å². The molecule has 3 atom stereocenters. The van der Waals surface area contributed by atoms with Gasteiger partial charge in [0.15, 0.2) is 0 Å². The number of carbonyl (C=O) groups excluding carboxylic acids is 1. The number of hydrogen-bond donors (Lipinski definition) is 3. The van der Waals surface area contributed by atoms with Crippen molar-refractivity contribution in [3.63, 3.8) is 0 Å². The van der Waals surface area contributed by atoms with Gasteiger partial charge in [0.1, 0.15) is 13.2 Å². The molecular formula is C36H76N2O6P+. The summed E-state index contributed by atoms with van der Waals surface area (Å²) in [6.07, 6.45) is 28.3. The monoisotopic (exact) mass is 664 g/mol. The Bertz CT molecular complexity index is 718. The molecule has 8 nitrogen and oxygen atoms in total. The van der Waals surface area contributed by atoms with Gasteiger partial charge in [-0.2, -0.15) is 0 Å². The molecule has 0 aromatic rings. The lowest BCUT2D eigenvalue weighted by atomic mass is 10.0. The number of phosphoric ester groups is 1. The third kappa shape index (κ3) is 31.8. The molecule has 0 fully saturated rings. The van der Waals surface area contributed by atoms with Crippen LogP contribution in [-0.4, -0.2) is 73.4 Å². The fourth-order valence-electron chi connectivity index (χ4n) is 5.52. The van der Waals surface area contributed by atoms with Gasteiger partial charge in [-0.25, -0.2) is 4.57 Å². The highest BCUT2D eigenvalue weighted by Gasteiger charge is 2.28. The minimum absolute atomic E-state index is 0.0779. The summed E-state index contributed by atoms with van der Waals surface area (Å²) < 4.78 is 23.5. The number of amides is 1. The number of aliphatic hydroxyl groups excluding tert-OH is 1. The average Bonchev–Trinajstić information content (AvgIpc) is 2.97. The number of rotatable bonds is 34. The second-order valence-corrected chi connectivity index (χ2v) is 15.8. The van der Waals surface area contributed by atoms with E-state index in [4.69, 9.17) is 9.05 Å². The smallest absolute Gasteiger partial charge is 0.391 e. The van der Waals surface area contributed by atoms with Crippen molar-refractivity contribution in [2.45, 2.75) is 187 Å². The molecule has 0 spiro atoms. The topological polar surface area (TPSA) is 105 Å². The van der Waals surface area contributed by atoms with Crippen molar-refractivity contribution in [3.05, 3.63) is 0 Å². The van der Waals surface area contributed by atoms with Crippen LogP contribution in [-0.2, 0) is 18.4 Å². The summed E-state index contributed by atoms with van der Waals surface area (Å²) in [6.45, 7) is 4.86. The fraction of sp³-hybridized carbons (Fsp3) is 0.972. The normalized spacial score (nSPS) is 14.7. The maximum atomic E-state index is 12.8. The van der Waals surface area contributed by atoms with Gasteiger partial charge >= 0.3 is 7.82 Å². The van der Waals surface area contributed by atoms with Crippen molar-refractivity contribution < 1.29 is 32.9 Å². The summed E-state index contributed by atoms with van der Waals surface area (Å²) in [5.41, 5.74) is 0. The van der Waals surface area contributed by atoms with Crippen LogP contribution >= 0.6 is 7.82 Å². The minimum atomic E-state index is -4.29. The molecule has 0 heterocycles. The Morgan fingerprint density at radius 3 is 1.49 bits per heavy atom. The Balaban J connectivity index is 4.44. The van der Waals surface area contributed by atoms with Gasteiger partial charge in [-0.15, -0.1) is 0 Å². The summed E-state index contributed by atoms with van der Waals surface area (Å²) in [5.74, 6) is -0.146. The lowest BCUT2D eigenvalue weighted by Gasteiger charge is -2.26. The number of likely N-dealkylation sites (N-methyl/N-ethyl adjacent to an activating group) is 1. The molecule has 0 aliphatic carbocycles. The molecule has 1 amide bonds. The van der Waals surface area contributed by atoms with E-state index in [-0.39, 0.29) is 19.1 Å². The first-order valence-electron chi connectivity index (χ1n) is 18.9. The summed E-state index contributed by atoms with van der Waals surface area (Å²) in [5, 5.41) is 13.8.